The molecule has 0 aliphatic carbocycles. The molecule has 2 atom stereocenters. The predicted octanol–water partition coefficient (Wildman–Crippen LogP) is 4.51. The Hall–Kier alpha value is -1.72. The van der Waals surface area contributed by atoms with Gasteiger partial charge < -0.3 is 5.32 Å². The van der Waals surface area contributed by atoms with Gasteiger partial charge in [-0.15, -0.1) is 11.3 Å². The lowest BCUT2D eigenvalue weighted by Gasteiger charge is -2.30. The number of hydrogen-bond donors (Lipinski definition) is 1. The lowest BCUT2D eigenvalue weighted by molar-refractivity contribution is -0.117. The maximum absolute atomic E-state index is 12.6. The summed E-state index contributed by atoms with van der Waals surface area (Å²) in [4.78, 5) is 19.7. The van der Waals surface area contributed by atoms with Crippen molar-refractivity contribution in [3.05, 3.63) is 47.0 Å². The van der Waals surface area contributed by atoms with E-state index in [1.165, 1.54) is 24.2 Å². The summed E-state index contributed by atoms with van der Waals surface area (Å²) >= 11 is 1.52. The Morgan fingerprint density at radius 3 is 2.92 bits per heavy atom. The number of aromatic nitrogens is 1. The van der Waals surface area contributed by atoms with Crippen LogP contribution in [0.25, 0.3) is 0 Å². The van der Waals surface area contributed by atoms with Gasteiger partial charge in [-0.25, -0.2) is 4.98 Å². The van der Waals surface area contributed by atoms with Gasteiger partial charge in [-0.05, 0) is 37.3 Å². The van der Waals surface area contributed by atoms with Crippen LogP contribution in [0.15, 0.2) is 35.7 Å². The van der Waals surface area contributed by atoms with Crippen LogP contribution in [0.2, 0.25) is 0 Å². The van der Waals surface area contributed by atoms with Gasteiger partial charge >= 0.3 is 0 Å². The third-order valence-corrected chi connectivity index (χ3v) is 5.64. The second kappa shape index (κ2) is 8.59. The molecule has 2 aromatic rings. The molecule has 2 heterocycles. The summed E-state index contributed by atoms with van der Waals surface area (Å²) in [5.74, 6) is 0.667. The van der Waals surface area contributed by atoms with Gasteiger partial charge in [0, 0.05) is 18.5 Å². The average Bonchev–Trinajstić information content (AvgIpc) is 3.03. The molecule has 0 radical (unpaired) electrons. The number of hydrogen-bond acceptors (Lipinski definition) is 4. The minimum absolute atomic E-state index is 0.0289. The molecule has 1 aliphatic rings. The number of carbonyl (C=O) groups is 1. The van der Waals surface area contributed by atoms with Crippen LogP contribution in [-0.4, -0.2) is 28.9 Å². The van der Waals surface area contributed by atoms with Gasteiger partial charge in [0.05, 0.1) is 11.6 Å². The fourth-order valence-corrected chi connectivity index (χ4v) is 4.25. The smallest absolute Gasteiger partial charge is 0.233 e. The van der Waals surface area contributed by atoms with E-state index in [9.17, 15) is 4.79 Å². The molecule has 1 aromatic carbocycles. The van der Waals surface area contributed by atoms with Crippen LogP contribution >= 0.6 is 11.3 Å². The molecule has 1 aromatic heterocycles. The van der Waals surface area contributed by atoms with Crippen molar-refractivity contribution in [2.75, 3.05) is 18.4 Å². The highest BCUT2D eigenvalue weighted by Crippen LogP contribution is 2.24. The molecular weight excluding hydrogens is 330 g/mol. The monoisotopic (exact) mass is 357 g/mol. The van der Waals surface area contributed by atoms with Crippen LogP contribution < -0.4 is 5.32 Å². The van der Waals surface area contributed by atoms with Crippen molar-refractivity contribution in [2.24, 2.45) is 5.92 Å². The molecule has 0 saturated carbocycles. The van der Waals surface area contributed by atoms with Crippen molar-refractivity contribution in [3.63, 3.8) is 0 Å². The lowest BCUT2D eigenvalue weighted by atomic mass is 9.96. The molecule has 1 amide bonds. The van der Waals surface area contributed by atoms with Crippen molar-refractivity contribution in [1.82, 2.24) is 9.88 Å². The Labute approximate surface area is 154 Å². The summed E-state index contributed by atoms with van der Waals surface area (Å²) in [6.07, 6.45) is 3.37. The lowest BCUT2D eigenvalue weighted by Crippen LogP contribution is -2.33. The van der Waals surface area contributed by atoms with E-state index in [1.54, 1.807) is 0 Å². The van der Waals surface area contributed by atoms with E-state index in [4.69, 9.17) is 0 Å². The number of likely N-dealkylation sites (tertiary alicyclic amines) is 1. The standard InChI is InChI=1S/C20H27N3OS/c1-3-18(16-9-5-4-6-10-16)19(24)22-20-21-17(14-25-20)13-23-11-7-8-15(2)12-23/h4-6,9-10,14-15,18H,3,7-8,11-13H2,1-2H3,(H,21,22,24)/t15-,18-/m1/s1. The number of benzene rings is 1. The predicted molar refractivity (Wildman–Crippen MR) is 104 cm³/mol. The molecule has 0 bridgehead atoms. The Morgan fingerprint density at radius 1 is 1.40 bits per heavy atom. The number of rotatable bonds is 6. The molecule has 25 heavy (non-hydrogen) atoms. The normalized spacial score (nSPS) is 19.5. The molecule has 1 N–H and O–H groups in total. The number of carbonyl (C=O) groups excluding carboxylic acids is 1. The van der Waals surface area contributed by atoms with Crippen molar-refractivity contribution in [3.8, 4) is 0 Å². The van der Waals surface area contributed by atoms with Crippen LogP contribution in [0, 0.1) is 5.92 Å². The fraction of sp³-hybridized carbons (Fsp3) is 0.500. The zero-order valence-electron chi connectivity index (χ0n) is 15.1. The van der Waals surface area contributed by atoms with Gasteiger partial charge in [0.2, 0.25) is 5.91 Å². The first kappa shape index (κ1) is 18.1. The average molecular weight is 358 g/mol. The van der Waals surface area contributed by atoms with Crippen molar-refractivity contribution < 1.29 is 4.79 Å². The quantitative estimate of drug-likeness (QED) is 0.827. The Morgan fingerprint density at radius 2 is 2.20 bits per heavy atom. The summed E-state index contributed by atoms with van der Waals surface area (Å²) in [6, 6.07) is 9.96. The third kappa shape index (κ3) is 4.89. The Balaban J connectivity index is 1.59. The van der Waals surface area contributed by atoms with Crippen LogP contribution in [0.4, 0.5) is 5.13 Å². The highest BCUT2D eigenvalue weighted by atomic mass is 32.1. The maximum atomic E-state index is 12.6. The summed E-state index contributed by atoms with van der Waals surface area (Å²) in [5.41, 5.74) is 2.11. The van der Waals surface area contributed by atoms with E-state index in [0.29, 0.717) is 5.13 Å². The molecule has 0 spiro atoms. The zero-order chi connectivity index (χ0) is 17.6. The van der Waals surface area contributed by atoms with Crippen LogP contribution in [-0.2, 0) is 11.3 Å². The number of nitrogens with zero attached hydrogens (tertiary/aromatic N) is 2. The fourth-order valence-electron chi connectivity index (χ4n) is 3.55. The molecule has 1 saturated heterocycles. The van der Waals surface area contributed by atoms with Gasteiger partial charge in [-0.1, -0.05) is 44.2 Å². The number of amides is 1. The summed E-state index contributed by atoms with van der Waals surface area (Å²) < 4.78 is 0. The highest BCUT2D eigenvalue weighted by Gasteiger charge is 2.20. The minimum Gasteiger partial charge on any atom is -0.301 e. The summed E-state index contributed by atoms with van der Waals surface area (Å²) in [5, 5.41) is 5.78. The topological polar surface area (TPSA) is 45.2 Å². The largest absolute Gasteiger partial charge is 0.301 e. The van der Waals surface area contributed by atoms with Gasteiger partial charge in [0.15, 0.2) is 5.13 Å². The number of nitrogens with one attached hydrogen (secondary N) is 1. The highest BCUT2D eigenvalue weighted by molar-refractivity contribution is 7.13. The van der Waals surface area contributed by atoms with Gasteiger partial charge in [0.25, 0.3) is 0 Å². The van der Waals surface area contributed by atoms with E-state index >= 15 is 0 Å². The number of piperidine rings is 1. The van der Waals surface area contributed by atoms with Crippen LogP contribution in [0.1, 0.15) is 50.3 Å². The molecule has 134 valence electrons. The summed E-state index contributed by atoms with van der Waals surface area (Å²) in [6.45, 7) is 7.53. The van der Waals surface area contributed by atoms with Crippen molar-refractivity contribution in [1.29, 1.82) is 0 Å². The first-order valence-electron chi connectivity index (χ1n) is 9.18. The van der Waals surface area contributed by atoms with E-state index in [1.807, 2.05) is 37.3 Å². The van der Waals surface area contributed by atoms with Gasteiger partial charge in [0.1, 0.15) is 0 Å². The van der Waals surface area contributed by atoms with E-state index in [0.717, 1.165) is 43.2 Å². The van der Waals surface area contributed by atoms with E-state index in [2.05, 4.69) is 27.5 Å². The van der Waals surface area contributed by atoms with Crippen molar-refractivity contribution in [2.45, 2.75) is 45.6 Å². The minimum atomic E-state index is -0.128. The Bertz CT molecular complexity index is 685. The molecular formula is C20H27N3OS. The second-order valence-electron chi connectivity index (χ2n) is 6.99. The van der Waals surface area contributed by atoms with E-state index < -0.39 is 0 Å². The van der Waals surface area contributed by atoms with Crippen LogP contribution in [0.5, 0.6) is 0 Å². The molecule has 3 rings (SSSR count). The van der Waals surface area contributed by atoms with Crippen LogP contribution in [0.3, 0.4) is 0 Å². The first-order valence-corrected chi connectivity index (χ1v) is 10.1. The first-order chi connectivity index (χ1) is 12.2. The third-order valence-electron chi connectivity index (χ3n) is 4.84. The zero-order valence-corrected chi connectivity index (χ0v) is 15.9. The molecule has 1 aliphatic heterocycles. The van der Waals surface area contributed by atoms with Gasteiger partial charge in [-0.3, -0.25) is 9.69 Å². The molecule has 1 fully saturated rings. The SMILES string of the molecule is CC[C@@H](C(=O)Nc1nc(CN2CCC[C@@H](C)C2)cs1)c1ccccc1. The number of anilines is 1. The van der Waals surface area contributed by atoms with E-state index in [-0.39, 0.29) is 11.8 Å². The number of thiazole rings is 1. The molecule has 5 heteroatoms. The Kier molecular flexibility index (Phi) is 6.21. The molecule has 4 nitrogen and oxygen atoms in total. The molecule has 0 unspecified atom stereocenters. The maximum Gasteiger partial charge on any atom is 0.233 e. The van der Waals surface area contributed by atoms with Gasteiger partial charge in [-0.2, -0.15) is 0 Å². The van der Waals surface area contributed by atoms with Crippen molar-refractivity contribution >= 4 is 22.4 Å². The summed E-state index contributed by atoms with van der Waals surface area (Å²) in [7, 11) is 0. The second-order valence-corrected chi connectivity index (χ2v) is 7.85.